The molecule has 3 atom stereocenters. The average molecular weight is 303 g/mol. The number of nitrogens with zero attached hydrogens (tertiary/aromatic N) is 2. The van der Waals surface area contributed by atoms with Gasteiger partial charge in [-0.2, -0.15) is 0 Å². The molecule has 0 aliphatic carbocycles. The molecule has 4 heteroatoms. The SMILES string of the molecule is CCN1CCCC1CN(C)C(=O)C(C)C(N)c1ccccc1. The number of hydrogen-bond donors (Lipinski definition) is 1. The molecule has 4 nitrogen and oxygen atoms in total. The van der Waals surface area contributed by atoms with Crippen LogP contribution in [0.15, 0.2) is 30.3 Å². The number of likely N-dealkylation sites (tertiary alicyclic amines) is 1. The number of benzene rings is 1. The van der Waals surface area contributed by atoms with E-state index in [0.717, 1.165) is 25.2 Å². The van der Waals surface area contributed by atoms with Crippen molar-refractivity contribution in [2.24, 2.45) is 11.7 Å². The summed E-state index contributed by atoms with van der Waals surface area (Å²) < 4.78 is 0. The molecular weight excluding hydrogens is 274 g/mol. The van der Waals surface area contributed by atoms with Crippen LogP contribution in [0.5, 0.6) is 0 Å². The van der Waals surface area contributed by atoms with Gasteiger partial charge in [-0.05, 0) is 31.5 Å². The standard InChI is InChI=1S/C18H29N3O/c1-4-21-12-8-11-16(21)13-20(3)18(22)14(2)17(19)15-9-6-5-7-10-15/h5-7,9-10,14,16-17H,4,8,11-13,19H2,1-3H3. The van der Waals surface area contributed by atoms with Gasteiger partial charge < -0.3 is 10.6 Å². The smallest absolute Gasteiger partial charge is 0.227 e. The minimum absolute atomic E-state index is 0.138. The fourth-order valence-corrected chi connectivity index (χ4v) is 3.39. The zero-order chi connectivity index (χ0) is 16.1. The van der Waals surface area contributed by atoms with Gasteiger partial charge in [0.05, 0.1) is 5.92 Å². The largest absolute Gasteiger partial charge is 0.344 e. The van der Waals surface area contributed by atoms with Crippen LogP contribution in [0.4, 0.5) is 0 Å². The van der Waals surface area contributed by atoms with Crippen molar-refractivity contribution in [3.05, 3.63) is 35.9 Å². The first-order valence-corrected chi connectivity index (χ1v) is 8.34. The Balaban J connectivity index is 1.95. The van der Waals surface area contributed by atoms with Gasteiger partial charge in [-0.3, -0.25) is 9.69 Å². The van der Waals surface area contributed by atoms with Gasteiger partial charge in [0.25, 0.3) is 0 Å². The monoisotopic (exact) mass is 303 g/mol. The zero-order valence-corrected chi connectivity index (χ0v) is 14.0. The molecule has 1 aliphatic rings. The summed E-state index contributed by atoms with van der Waals surface area (Å²) in [5, 5.41) is 0. The van der Waals surface area contributed by atoms with Crippen LogP contribution in [0.1, 0.15) is 38.3 Å². The first kappa shape index (κ1) is 17.0. The van der Waals surface area contributed by atoms with Gasteiger partial charge >= 0.3 is 0 Å². The van der Waals surface area contributed by atoms with E-state index in [1.807, 2.05) is 49.2 Å². The lowest BCUT2D eigenvalue weighted by atomic mass is 9.94. The van der Waals surface area contributed by atoms with Gasteiger partial charge in [0.1, 0.15) is 0 Å². The fourth-order valence-electron chi connectivity index (χ4n) is 3.39. The summed E-state index contributed by atoms with van der Waals surface area (Å²) in [7, 11) is 1.91. The van der Waals surface area contributed by atoms with Crippen LogP contribution in [0, 0.1) is 5.92 Å². The number of amides is 1. The quantitative estimate of drug-likeness (QED) is 0.877. The van der Waals surface area contributed by atoms with E-state index in [1.165, 1.54) is 12.8 Å². The molecule has 0 bridgehead atoms. The van der Waals surface area contributed by atoms with Crippen molar-refractivity contribution in [3.8, 4) is 0 Å². The lowest BCUT2D eigenvalue weighted by Gasteiger charge is -2.30. The molecule has 1 fully saturated rings. The van der Waals surface area contributed by atoms with Crippen LogP contribution in [0.2, 0.25) is 0 Å². The van der Waals surface area contributed by atoms with Crippen molar-refractivity contribution >= 4 is 5.91 Å². The number of carbonyl (C=O) groups is 1. The van der Waals surface area contributed by atoms with Gasteiger partial charge in [0, 0.05) is 25.7 Å². The molecule has 122 valence electrons. The predicted octanol–water partition coefficient (Wildman–Crippen LogP) is 2.27. The third kappa shape index (κ3) is 3.87. The summed E-state index contributed by atoms with van der Waals surface area (Å²) in [6, 6.07) is 10.1. The molecule has 3 unspecified atom stereocenters. The summed E-state index contributed by atoms with van der Waals surface area (Å²) in [6.45, 7) is 7.14. The zero-order valence-electron chi connectivity index (χ0n) is 14.0. The molecule has 0 saturated carbocycles. The molecule has 1 saturated heterocycles. The van der Waals surface area contributed by atoms with E-state index < -0.39 is 0 Å². The summed E-state index contributed by atoms with van der Waals surface area (Å²) in [4.78, 5) is 17.0. The Morgan fingerprint density at radius 2 is 2.09 bits per heavy atom. The first-order chi connectivity index (χ1) is 10.5. The highest BCUT2D eigenvalue weighted by Crippen LogP contribution is 2.22. The number of rotatable bonds is 6. The number of carbonyl (C=O) groups excluding carboxylic acids is 1. The van der Waals surface area contributed by atoms with Gasteiger partial charge in [-0.1, -0.05) is 44.2 Å². The highest BCUT2D eigenvalue weighted by atomic mass is 16.2. The minimum Gasteiger partial charge on any atom is -0.344 e. The predicted molar refractivity (Wildman–Crippen MR) is 90.4 cm³/mol. The maximum Gasteiger partial charge on any atom is 0.227 e. The summed E-state index contributed by atoms with van der Waals surface area (Å²) in [5.41, 5.74) is 7.30. The molecule has 1 aromatic carbocycles. The Bertz CT molecular complexity index is 476. The molecule has 2 N–H and O–H groups in total. The molecule has 1 aliphatic heterocycles. The molecule has 1 heterocycles. The normalized spacial score (nSPS) is 21.5. The van der Waals surface area contributed by atoms with Crippen molar-refractivity contribution in [1.29, 1.82) is 0 Å². The van der Waals surface area contributed by atoms with E-state index in [9.17, 15) is 4.79 Å². The molecule has 0 spiro atoms. The second-order valence-corrected chi connectivity index (χ2v) is 6.37. The van der Waals surface area contributed by atoms with Gasteiger partial charge in [0.2, 0.25) is 5.91 Å². The van der Waals surface area contributed by atoms with Gasteiger partial charge in [-0.25, -0.2) is 0 Å². The second-order valence-electron chi connectivity index (χ2n) is 6.37. The maximum atomic E-state index is 12.7. The molecule has 2 rings (SSSR count). The van der Waals surface area contributed by atoms with E-state index in [1.54, 1.807) is 0 Å². The van der Waals surface area contributed by atoms with Crippen molar-refractivity contribution < 1.29 is 4.79 Å². The molecule has 0 aromatic heterocycles. The van der Waals surface area contributed by atoms with E-state index in [4.69, 9.17) is 5.73 Å². The van der Waals surface area contributed by atoms with Crippen LogP contribution in [-0.2, 0) is 4.79 Å². The van der Waals surface area contributed by atoms with E-state index in [-0.39, 0.29) is 17.9 Å². The lowest BCUT2D eigenvalue weighted by molar-refractivity contribution is -0.135. The minimum atomic E-state index is -0.248. The molecule has 1 amide bonds. The van der Waals surface area contributed by atoms with Crippen LogP contribution >= 0.6 is 0 Å². The van der Waals surface area contributed by atoms with Gasteiger partial charge in [0.15, 0.2) is 0 Å². The van der Waals surface area contributed by atoms with Crippen LogP contribution in [-0.4, -0.2) is 48.4 Å². The fraction of sp³-hybridized carbons (Fsp3) is 0.611. The summed E-state index contributed by atoms with van der Waals surface area (Å²) in [5.74, 6) is -0.0665. The molecule has 0 radical (unpaired) electrons. The number of hydrogen-bond acceptors (Lipinski definition) is 3. The van der Waals surface area contributed by atoms with Crippen molar-refractivity contribution in [1.82, 2.24) is 9.80 Å². The highest BCUT2D eigenvalue weighted by molar-refractivity contribution is 5.79. The first-order valence-electron chi connectivity index (χ1n) is 8.34. The summed E-state index contributed by atoms with van der Waals surface area (Å²) in [6.07, 6.45) is 2.42. The molecule has 22 heavy (non-hydrogen) atoms. The Morgan fingerprint density at radius 1 is 1.41 bits per heavy atom. The van der Waals surface area contributed by atoms with Crippen molar-refractivity contribution in [2.75, 3.05) is 26.7 Å². The van der Waals surface area contributed by atoms with E-state index >= 15 is 0 Å². The van der Waals surface area contributed by atoms with Crippen molar-refractivity contribution in [3.63, 3.8) is 0 Å². The third-order valence-electron chi connectivity index (χ3n) is 4.88. The third-order valence-corrected chi connectivity index (χ3v) is 4.88. The van der Waals surface area contributed by atoms with Crippen molar-refractivity contribution in [2.45, 2.75) is 38.8 Å². The molecular formula is C18H29N3O. The van der Waals surface area contributed by atoms with E-state index in [2.05, 4.69) is 11.8 Å². The Morgan fingerprint density at radius 3 is 2.73 bits per heavy atom. The average Bonchev–Trinajstić information content (AvgIpc) is 3.00. The topological polar surface area (TPSA) is 49.6 Å². The highest BCUT2D eigenvalue weighted by Gasteiger charge is 2.29. The van der Waals surface area contributed by atoms with Crippen LogP contribution in [0.25, 0.3) is 0 Å². The lowest BCUT2D eigenvalue weighted by Crippen LogP contribution is -2.44. The Hall–Kier alpha value is -1.39. The number of nitrogens with two attached hydrogens (primary N) is 1. The molecule has 1 aromatic rings. The van der Waals surface area contributed by atoms with Gasteiger partial charge in [-0.15, -0.1) is 0 Å². The van der Waals surface area contributed by atoms with E-state index in [0.29, 0.717) is 6.04 Å². The number of likely N-dealkylation sites (N-methyl/N-ethyl adjacent to an activating group) is 2. The summed E-state index contributed by atoms with van der Waals surface area (Å²) >= 11 is 0. The Kier molecular flexibility index (Phi) is 5.98. The maximum absolute atomic E-state index is 12.7. The second kappa shape index (κ2) is 7.75. The van der Waals surface area contributed by atoms with Crippen LogP contribution < -0.4 is 5.73 Å². The Labute approximate surface area is 134 Å². The van der Waals surface area contributed by atoms with Crippen LogP contribution in [0.3, 0.4) is 0 Å².